The summed E-state index contributed by atoms with van der Waals surface area (Å²) >= 11 is 6.24. The monoisotopic (exact) mass is 239 g/mol. The second-order valence-corrected chi connectivity index (χ2v) is 5.07. The molecule has 1 fully saturated rings. The summed E-state index contributed by atoms with van der Waals surface area (Å²) in [6.07, 6.45) is 3.67. The van der Waals surface area contributed by atoms with E-state index in [1.165, 1.54) is 18.4 Å². The highest BCUT2D eigenvalue weighted by Crippen LogP contribution is 2.48. The van der Waals surface area contributed by atoms with Gasteiger partial charge in [-0.2, -0.15) is 0 Å². The van der Waals surface area contributed by atoms with E-state index in [2.05, 4.69) is 11.4 Å². The Morgan fingerprint density at radius 3 is 2.69 bits per heavy atom. The van der Waals surface area contributed by atoms with Gasteiger partial charge in [-0.3, -0.25) is 0 Å². The molecular formula is C13H18ClNO. The van der Waals surface area contributed by atoms with Crippen LogP contribution in [0.15, 0.2) is 18.2 Å². The van der Waals surface area contributed by atoms with Crippen molar-refractivity contribution in [1.29, 1.82) is 0 Å². The molecule has 0 amide bonds. The molecule has 0 radical (unpaired) electrons. The van der Waals surface area contributed by atoms with E-state index in [0.717, 1.165) is 23.7 Å². The zero-order valence-electron chi connectivity index (χ0n) is 9.85. The maximum absolute atomic E-state index is 6.24. The Labute approximate surface area is 102 Å². The molecular weight excluding hydrogens is 222 g/mol. The Bertz CT molecular complexity index is 374. The Morgan fingerprint density at radius 2 is 2.19 bits per heavy atom. The number of halogens is 1. The molecule has 1 aromatic rings. The highest BCUT2D eigenvalue weighted by atomic mass is 35.5. The van der Waals surface area contributed by atoms with Crippen molar-refractivity contribution in [3.63, 3.8) is 0 Å². The van der Waals surface area contributed by atoms with E-state index in [4.69, 9.17) is 16.3 Å². The number of ether oxygens (including phenoxy) is 1. The molecule has 0 unspecified atom stereocenters. The number of nitrogens with one attached hydrogen (secondary N) is 1. The Balaban J connectivity index is 2.10. The van der Waals surface area contributed by atoms with Crippen molar-refractivity contribution < 1.29 is 4.74 Å². The molecule has 1 N–H and O–H groups in total. The zero-order valence-corrected chi connectivity index (χ0v) is 10.6. The summed E-state index contributed by atoms with van der Waals surface area (Å²) in [5, 5.41) is 4.09. The van der Waals surface area contributed by atoms with Crippen molar-refractivity contribution in [1.82, 2.24) is 5.32 Å². The van der Waals surface area contributed by atoms with Gasteiger partial charge in [0.1, 0.15) is 5.75 Å². The highest BCUT2D eigenvalue weighted by molar-refractivity contribution is 6.31. The van der Waals surface area contributed by atoms with Gasteiger partial charge >= 0.3 is 0 Å². The number of methoxy groups -OCH3 is 1. The van der Waals surface area contributed by atoms with Crippen molar-refractivity contribution in [2.24, 2.45) is 5.41 Å². The van der Waals surface area contributed by atoms with E-state index in [1.807, 2.05) is 19.2 Å². The molecule has 2 nitrogen and oxygen atoms in total. The van der Waals surface area contributed by atoms with Crippen LogP contribution in [0.25, 0.3) is 0 Å². The molecule has 16 heavy (non-hydrogen) atoms. The lowest BCUT2D eigenvalue weighted by atomic mass is 9.96. The molecule has 88 valence electrons. The predicted molar refractivity (Wildman–Crippen MR) is 67.3 cm³/mol. The minimum absolute atomic E-state index is 0.451. The maximum Gasteiger partial charge on any atom is 0.120 e. The van der Waals surface area contributed by atoms with Gasteiger partial charge in [0.15, 0.2) is 0 Å². The molecule has 0 aromatic heterocycles. The Kier molecular flexibility index (Phi) is 3.41. The molecule has 1 aromatic carbocycles. The fourth-order valence-corrected chi connectivity index (χ4v) is 2.41. The second-order valence-electron chi connectivity index (χ2n) is 4.66. The van der Waals surface area contributed by atoms with Gasteiger partial charge in [-0.25, -0.2) is 0 Å². The lowest BCUT2D eigenvalue weighted by Crippen LogP contribution is -2.22. The summed E-state index contributed by atoms with van der Waals surface area (Å²) in [6, 6.07) is 5.96. The summed E-state index contributed by atoms with van der Waals surface area (Å²) in [4.78, 5) is 0. The molecule has 0 spiro atoms. The van der Waals surface area contributed by atoms with Gasteiger partial charge in [-0.15, -0.1) is 0 Å². The lowest BCUT2D eigenvalue weighted by molar-refractivity contribution is 0.414. The first-order valence-corrected chi connectivity index (χ1v) is 6.04. The van der Waals surface area contributed by atoms with E-state index < -0.39 is 0 Å². The third kappa shape index (κ3) is 2.50. The molecule has 0 bridgehead atoms. The van der Waals surface area contributed by atoms with Crippen LogP contribution < -0.4 is 10.1 Å². The third-order valence-electron chi connectivity index (χ3n) is 3.33. The predicted octanol–water partition coefficient (Wildman–Crippen LogP) is 2.89. The molecule has 3 heteroatoms. The number of benzene rings is 1. The van der Waals surface area contributed by atoms with Crippen LogP contribution in [0.4, 0.5) is 0 Å². The van der Waals surface area contributed by atoms with Crippen molar-refractivity contribution in [2.75, 3.05) is 20.7 Å². The van der Waals surface area contributed by atoms with Crippen LogP contribution in [0.3, 0.4) is 0 Å². The summed E-state index contributed by atoms with van der Waals surface area (Å²) in [7, 11) is 3.67. The minimum Gasteiger partial charge on any atom is -0.497 e. The van der Waals surface area contributed by atoms with Crippen LogP contribution >= 0.6 is 11.6 Å². The van der Waals surface area contributed by atoms with Crippen molar-refractivity contribution in [3.8, 4) is 5.75 Å². The highest BCUT2D eigenvalue weighted by Gasteiger charge is 2.41. The maximum atomic E-state index is 6.24. The largest absolute Gasteiger partial charge is 0.497 e. The Hall–Kier alpha value is -0.730. The molecule has 0 heterocycles. The Morgan fingerprint density at radius 1 is 1.44 bits per heavy atom. The first-order chi connectivity index (χ1) is 7.69. The molecule has 0 saturated heterocycles. The van der Waals surface area contributed by atoms with Crippen LogP contribution in [0.2, 0.25) is 5.02 Å². The van der Waals surface area contributed by atoms with Gasteiger partial charge in [-0.1, -0.05) is 17.7 Å². The molecule has 1 aliphatic carbocycles. The van der Waals surface area contributed by atoms with E-state index >= 15 is 0 Å². The van der Waals surface area contributed by atoms with Crippen molar-refractivity contribution in [3.05, 3.63) is 28.8 Å². The van der Waals surface area contributed by atoms with E-state index in [0.29, 0.717) is 5.41 Å². The van der Waals surface area contributed by atoms with Crippen LogP contribution in [-0.4, -0.2) is 20.7 Å². The van der Waals surface area contributed by atoms with Gasteiger partial charge in [0, 0.05) is 11.6 Å². The fourth-order valence-electron chi connectivity index (χ4n) is 2.17. The standard InChI is InChI=1S/C13H18ClNO/c1-15-9-13(5-6-13)8-10-3-4-11(16-2)7-12(10)14/h3-4,7,15H,5-6,8-9H2,1-2H3. The summed E-state index contributed by atoms with van der Waals surface area (Å²) in [5.74, 6) is 0.826. The van der Waals surface area contributed by atoms with Gasteiger partial charge < -0.3 is 10.1 Å². The van der Waals surface area contributed by atoms with Gasteiger partial charge in [0.25, 0.3) is 0 Å². The summed E-state index contributed by atoms with van der Waals surface area (Å²) in [6.45, 7) is 1.08. The number of rotatable bonds is 5. The fraction of sp³-hybridized carbons (Fsp3) is 0.538. The smallest absolute Gasteiger partial charge is 0.120 e. The first-order valence-electron chi connectivity index (χ1n) is 5.66. The van der Waals surface area contributed by atoms with Crippen LogP contribution in [-0.2, 0) is 6.42 Å². The first kappa shape index (κ1) is 11.7. The number of hydrogen-bond donors (Lipinski definition) is 1. The molecule has 0 atom stereocenters. The van der Waals surface area contributed by atoms with Gasteiger partial charge in [0.05, 0.1) is 7.11 Å². The summed E-state index contributed by atoms with van der Waals surface area (Å²) < 4.78 is 5.15. The van der Waals surface area contributed by atoms with Gasteiger partial charge in [-0.05, 0) is 49.4 Å². The average molecular weight is 240 g/mol. The molecule has 0 aliphatic heterocycles. The van der Waals surface area contributed by atoms with E-state index in [9.17, 15) is 0 Å². The molecule has 2 rings (SSSR count). The van der Waals surface area contributed by atoms with Crippen molar-refractivity contribution in [2.45, 2.75) is 19.3 Å². The zero-order chi connectivity index (χ0) is 11.6. The molecule has 1 saturated carbocycles. The van der Waals surface area contributed by atoms with Crippen LogP contribution in [0.1, 0.15) is 18.4 Å². The SMILES string of the molecule is CNCC1(Cc2ccc(OC)cc2Cl)CC1. The van der Waals surface area contributed by atoms with Crippen LogP contribution in [0, 0.1) is 5.41 Å². The third-order valence-corrected chi connectivity index (χ3v) is 3.69. The van der Waals surface area contributed by atoms with Crippen LogP contribution in [0.5, 0.6) is 5.75 Å². The van der Waals surface area contributed by atoms with Crippen molar-refractivity contribution >= 4 is 11.6 Å². The summed E-state index contributed by atoms with van der Waals surface area (Å²) in [5.41, 5.74) is 1.68. The minimum atomic E-state index is 0.451. The second kappa shape index (κ2) is 4.64. The molecule has 1 aliphatic rings. The average Bonchev–Trinajstić information content (AvgIpc) is 3.02. The van der Waals surface area contributed by atoms with E-state index in [-0.39, 0.29) is 0 Å². The number of hydrogen-bond acceptors (Lipinski definition) is 2. The normalized spacial score (nSPS) is 17.2. The van der Waals surface area contributed by atoms with Gasteiger partial charge in [0.2, 0.25) is 0 Å². The quantitative estimate of drug-likeness (QED) is 0.853. The van der Waals surface area contributed by atoms with E-state index in [1.54, 1.807) is 7.11 Å². The lowest BCUT2D eigenvalue weighted by Gasteiger charge is -2.15. The topological polar surface area (TPSA) is 21.3 Å².